The van der Waals surface area contributed by atoms with Gasteiger partial charge in [-0.25, -0.2) is 0 Å². The SMILES string of the molecule is CNCCCNC(=O)CNC(=O)CCC(C)C.Cl. The van der Waals surface area contributed by atoms with Crippen LogP contribution in [-0.2, 0) is 9.59 Å². The minimum absolute atomic E-state index is 0. The molecule has 0 unspecified atom stereocenters. The molecule has 0 aromatic heterocycles. The third-order valence-corrected chi connectivity index (χ3v) is 2.32. The molecule has 3 N–H and O–H groups in total. The minimum Gasteiger partial charge on any atom is -0.355 e. The highest BCUT2D eigenvalue weighted by Crippen LogP contribution is 2.02. The minimum atomic E-state index is -0.126. The molecule has 0 rings (SSSR count). The lowest BCUT2D eigenvalue weighted by Crippen LogP contribution is -2.37. The molecule has 0 atom stereocenters. The van der Waals surface area contributed by atoms with Gasteiger partial charge in [-0.1, -0.05) is 13.8 Å². The van der Waals surface area contributed by atoms with Crippen LogP contribution in [-0.4, -0.2) is 38.5 Å². The van der Waals surface area contributed by atoms with Gasteiger partial charge in [0.05, 0.1) is 6.54 Å². The second-order valence-electron chi connectivity index (χ2n) is 4.52. The van der Waals surface area contributed by atoms with E-state index in [1.54, 1.807) is 0 Å². The Morgan fingerprint density at radius 2 is 1.72 bits per heavy atom. The van der Waals surface area contributed by atoms with Crippen molar-refractivity contribution in [1.29, 1.82) is 0 Å². The zero-order chi connectivity index (χ0) is 13.1. The molecule has 108 valence electrons. The third-order valence-electron chi connectivity index (χ3n) is 2.32. The zero-order valence-corrected chi connectivity index (χ0v) is 12.4. The second kappa shape index (κ2) is 12.6. The van der Waals surface area contributed by atoms with Crippen LogP contribution in [0.4, 0.5) is 0 Å². The number of rotatable bonds is 9. The molecule has 18 heavy (non-hydrogen) atoms. The summed E-state index contributed by atoms with van der Waals surface area (Å²) in [5, 5.41) is 8.35. The van der Waals surface area contributed by atoms with Crippen LogP contribution in [0.15, 0.2) is 0 Å². The van der Waals surface area contributed by atoms with Crippen LogP contribution in [0.3, 0.4) is 0 Å². The summed E-state index contributed by atoms with van der Waals surface area (Å²) in [7, 11) is 1.87. The van der Waals surface area contributed by atoms with Crippen molar-refractivity contribution >= 4 is 24.2 Å². The van der Waals surface area contributed by atoms with Crippen molar-refractivity contribution in [1.82, 2.24) is 16.0 Å². The van der Waals surface area contributed by atoms with E-state index in [1.807, 2.05) is 7.05 Å². The zero-order valence-electron chi connectivity index (χ0n) is 11.5. The number of carbonyl (C=O) groups is 2. The number of nitrogens with one attached hydrogen (secondary N) is 3. The maximum Gasteiger partial charge on any atom is 0.239 e. The predicted octanol–water partition coefficient (Wildman–Crippen LogP) is 0.686. The number of hydrogen-bond donors (Lipinski definition) is 3. The summed E-state index contributed by atoms with van der Waals surface area (Å²) in [6.45, 7) is 5.74. The number of carbonyl (C=O) groups excluding carboxylic acids is 2. The second-order valence-corrected chi connectivity index (χ2v) is 4.52. The van der Waals surface area contributed by atoms with Crippen molar-refractivity contribution in [3.05, 3.63) is 0 Å². The summed E-state index contributed by atoms with van der Waals surface area (Å²) < 4.78 is 0. The van der Waals surface area contributed by atoms with E-state index in [4.69, 9.17) is 0 Å². The molecule has 0 aliphatic rings. The van der Waals surface area contributed by atoms with E-state index < -0.39 is 0 Å². The molecule has 0 saturated heterocycles. The first-order valence-corrected chi connectivity index (χ1v) is 6.24. The molecular weight excluding hydrogens is 254 g/mol. The average molecular weight is 280 g/mol. The lowest BCUT2D eigenvalue weighted by molar-refractivity contribution is -0.126. The Labute approximate surface area is 116 Å². The highest BCUT2D eigenvalue weighted by molar-refractivity contribution is 5.85. The summed E-state index contributed by atoms with van der Waals surface area (Å²) in [6.07, 6.45) is 2.24. The van der Waals surface area contributed by atoms with Crippen molar-refractivity contribution in [3.8, 4) is 0 Å². The van der Waals surface area contributed by atoms with E-state index in [-0.39, 0.29) is 30.8 Å². The number of hydrogen-bond acceptors (Lipinski definition) is 3. The quantitative estimate of drug-likeness (QED) is 0.544. The number of amides is 2. The Bertz CT molecular complexity index is 235. The van der Waals surface area contributed by atoms with E-state index in [1.165, 1.54) is 0 Å². The van der Waals surface area contributed by atoms with Gasteiger partial charge in [0.25, 0.3) is 0 Å². The molecule has 0 aliphatic heterocycles. The molecule has 0 fully saturated rings. The van der Waals surface area contributed by atoms with Crippen LogP contribution in [0, 0.1) is 5.92 Å². The monoisotopic (exact) mass is 279 g/mol. The van der Waals surface area contributed by atoms with Crippen LogP contribution >= 0.6 is 12.4 Å². The van der Waals surface area contributed by atoms with Crippen LogP contribution < -0.4 is 16.0 Å². The fourth-order valence-corrected chi connectivity index (χ4v) is 1.24. The van der Waals surface area contributed by atoms with Gasteiger partial charge in [0.2, 0.25) is 11.8 Å². The highest BCUT2D eigenvalue weighted by Gasteiger charge is 2.05. The smallest absolute Gasteiger partial charge is 0.239 e. The molecule has 0 saturated carbocycles. The molecule has 0 aromatic rings. The standard InChI is InChI=1S/C12H25N3O2.ClH/c1-10(2)5-6-11(16)15-9-12(17)14-8-4-7-13-3;/h10,13H,4-9H2,1-3H3,(H,14,17)(H,15,16);1H. The summed E-state index contributed by atoms with van der Waals surface area (Å²) >= 11 is 0. The number of halogens is 1. The van der Waals surface area contributed by atoms with Gasteiger partial charge in [-0.15, -0.1) is 12.4 Å². The summed E-state index contributed by atoms with van der Waals surface area (Å²) in [5.41, 5.74) is 0. The molecule has 0 heterocycles. The third kappa shape index (κ3) is 13.3. The molecule has 0 spiro atoms. The van der Waals surface area contributed by atoms with E-state index in [9.17, 15) is 9.59 Å². The fourth-order valence-electron chi connectivity index (χ4n) is 1.24. The Morgan fingerprint density at radius 1 is 1.06 bits per heavy atom. The van der Waals surface area contributed by atoms with Gasteiger partial charge in [0.1, 0.15) is 0 Å². The maximum atomic E-state index is 11.3. The topological polar surface area (TPSA) is 70.2 Å². The Hall–Kier alpha value is -0.810. The Balaban J connectivity index is 0. The predicted molar refractivity (Wildman–Crippen MR) is 75.9 cm³/mol. The summed E-state index contributed by atoms with van der Waals surface area (Å²) in [4.78, 5) is 22.6. The van der Waals surface area contributed by atoms with Crippen molar-refractivity contribution in [2.24, 2.45) is 5.92 Å². The Kier molecular flexibility index (Phi) is 13.7. The van der Waals surface area contributed by atoms with Gasteiger partial charge >= 0.3 is 0 Å². The molecule has 0 bridgehead atoms. The van der Waals surface area contributed by atoms with Crippen molar-refractivity contribution in [3.63, 3.8) is 0 Å². The van der Waals surface area contributed by atoms with Gasteiger partial charge in [0, 0.05) is 13.0 Å². The molecule has 5 nitrogen and oxygen atoms in total. The molecular formula is C12H26ClN3O2. The molecule has 6 heteroatoms. The van der Waals surface area contributed by atoms with E-state index in [0.29, 0.717) is 18.9 Å². The first-order valence-electron chi connectivity index (χ1n) is 6.24. The maximum absolute atomic E-state index is 11.3. The van der Waals surface area contributed by atoms with E-state index in [0.717, 1.165) is 19.4 Å². The van der Waals surface area contributed by atoms with Crippen molar-refractivity contribution in [2.45, 2.75) is 33.1 Å². The van der Waals surface area contributed by atoms with Gasteiger partial charge in [-0.3, -0.25) is 9.59 Å². The van der Waals surface area contributed by atoms with Gasteiger partial charge < -0.3 is 16.0 Å². The normalized spacial score (nSPS) is 9.78. The van der Waals surface area contributed by atoms with E-state index >= 15 is 0 Å². The first kappa shape index (κ1) is 19.5. The van der Waals surface area contributed by atoms with Crippen LogP contribution in [0.25, 0.3) is 0 Å². The van der Waals surface area contributed by atoms with Crippen LogP contribution in [0.1, 0.15) is 33.1 Å². The average Bonchev–Trinajstić information content (AvgIpc) is 2.29. The van der Waals surface area contributed by atoms with Crippen LogP contribution in [0.2, 0.25) is 0 Å². The lowest BCUT2D eigenvalue weighted by Gasteiger charge is -2.07. The lowest BCUT2D eigenvalue weighted by atomic mass is 10.1. The van der Waals surface area contributed by atoms with Gasteiger partial charge in [-0.2, -0.15) is 0 Å². The van der Waals surface area contributed by atoms with Gasteiger partial charge in [0.15, 0.2) is 0 Å². The van der Waals surface area contributed by atoms with Gasteiger partial charge in [-0.05, 0) is 32.4 Å². The molecule has 0 aromatic carbocycles. The Morgan fingerprint density at radius 3 is 2.28 bits per heavy atom. The first-order chi connectivity index (χ1) is 8.06. The van der Waals surface area contributed by atoms with Crippen molar-refractivity contribution < 1.29 is 9.59 Å². The molecule has 0 aliphatic carbocycles. The van der Waals surface area contributed by atoms with Crippen molar-refractivity contribution in [2.75, 3.05) is 26.7 Å². The highest BCUT2D eigenvalue weighted by atomic mass is 35.5. The fraction of sp³-hybridized carbons (Fsp3) is 0.833. The molecule has 2 amide bonds. The van der Waals surface area contributed by atoms with Crippen LogP contribution in [0.5, 0.6) is 0 Å². The molecule has 0 radical (unpaired) electrons. The summed E-state index contributed by atoms with van der Waals surface area (Å²) in [5.74, 6) is 0.333. The largest absolute Gasteiger partial charge is 0.355 e. The summed E-state index contributed by atoms with van der Waals surface area (Å²) in [6, 6.07) is 0. The van der Waals surface area contributed by atoms with E-state index in [2.05, 4.69) is 29.8 Å².